The van der Waals surface area contributed by atoms with Gasteiger partial charge >= 0.3 is 5.97 Å². The highest BCUT2D eigenvalue weighted by atomic mass is 16.5. The zero-order valence-corrected chi connectivity index (χ0v) is 12.6. The number of hydrogen-bond donors (Lipinski definition) is 1. The van der Waals surface area contributed by atoms with Gasteiger partial charge in [0.1, 0.15) is 0 Å². The molecule has 1 saturated heterocycles. The molecule has 2 N–H and O–H groups in total. The minimum absolute atomic E-state index is 0.292. The molecular weight excluding hydrogens is 252 g/mol. The lowest BCUT2D eigenvalue weighted by molar-refractivity contribution is 0.0527. The Morgan fingerprint density at radius 1 is 1.35 bits per heavy atom. The van der Waals surface area contributed by atoms with E-state index in [0.29, 0.717) is 23.3 Å². The number of anilines is 2. The first kappa shape index (κ1) is 14.7. The molecule has 1 aromatic carbocycles. The van der Waals surface area contributed by atoms with Crippen molar-refractivity contribution in [1.29, 1.82) is 0 Å². The average molecular weight is 276 g/mol. The van der Waals surface area contributed by atoms with Crippen LogP contribution in [0.1, 0.15) is 44.0 Å². The Morgan fingerprint density at radius 2 is 2.00 bits per heavy atom. The molecule has 1 aromatic rings. The molecule has 0 amide bonds. The number of carbonyl (C=O) groups is 1. The van der Waals surface area contributed by atoms with Crippen LogP contribution in [0.15, 0.2) is 18.2 Å². The summed E-state index contributed by atoms with van der Waals surface area (Å²) in [7, 11) is 0. The van der Waals surface area contributed by atoms with Crippen molar-refractivity contribution in [3.05, 3.63) is 23.8 Å². The second-order valence-corrected chi connectivity index (χ2v) is 6.15. The van der Waals surface area contributed by atoms with Gasteiger partial charge in [0.25, 0.3) is 0 Å². The van der Waals surface area contributed by atoms with Crippen molar-refractivity contribution in [3.8, 4) is 0 Å². The van der Waals surface area contributed by atoms with E-state index in [1.807, 2.05) is 19.1 Å². The van der Waals surface area contributed by atoms with Gasteiger partial charge in [0.05, 0.1) is 17.9 Å². The van der Waals surface area contributed by atoms with Crippen LogP contribution in [0.2, 0.25) is 0 Å². The van der Waals surface area contributed by atoms with E-state index in [9.17, 15) is 4.79 Å². The van der Waals surface area contributed by atoms with Crippen molar-refractivity contribution in [1.82, 2.24) is 0 Å². The second-order valence-electron chi connectivity index (χ2n) is 6.15. The van der Waals surface area contributed by atoms with Gasteiger partial charge < -0.3 is 15.4 Å². The first-order valence-electron chi connectivity index (χ1n) is 7.24. The number of benzene rings is 1. The molecule has 4 heteroatoms. The van der Waals surface area contributed by atoms with Crippen LogP contribution in [-0.4, -0.2) is 25.7 Å². The lowest BCUT2D eigenvalue weighted by atomic mass is 9.82. The monoisotopic (exact) mass is 276 g/mol. The van der Waals surface area contributed by atoms with Crippen molar-refractivity contribution in [2.75, 3.05) is 30.3 Å². The lowest BCUT2D eigenvalue weighted by Gasteiger charge is -2.38. The van der Waals surface area contributed by atoms with Crippen LogP contribution in [0.3, 0.4) is 0 Å². The third-order valence-corrected chi connectivity index (χ3v) is 3.97. The summed E-state index contributed by atoms with van der Waals surface area (Å²) in [5, 5.41) is 0. The van der Waals surface area contributed by atoms with Gasteiger partial charge in [-0.2, -0.15) is 0 Å². The van der Waals surface area contributed by atoms with Gasteiger partial charge in [-0.1, -0.05) is 13.8 Å². The molecule has 110 valence electrons. The predicted octanol–water partition coefficient (Wildman–Crippen LogP) is 3.07. The summed E-state index contributed by atoms with van der Waals surface area (Å²) in [6.07, 6.45) is 2.25. The van der Waals surface area contributed by atoms with Gasteiger partial charge in [0, 0.05) is 18.8 Å². The number of nitrogens with two attached hydrogens (primary N) is 1. The predicted molar refractivity (Wildman–Crippen MR) is 82.0 cm³/mol. The number of nitrogen functional groups attached to an aromatic ring is 1. The molecule has 0 saturated carbocycles. The van der Waals surface area contributed by atoms with Crippen LogP contribution in [0.5, 0.6) is 0 Å². The van der Waals surface area contributed by atoms with E-state index in [-0.39, 0.29) is 5.97 Å². The molecule has 0 unspecified atom stereocenters. The lowest BCUT2D eigenvalue weighted by Crippen LogP contribution is -2.38. The van der Waals surface area contributed by atoms with Crippen LogP contribution in [0.4, 0.5) is 11.4 Å². The smallest absolute Gasteiger partial charge is 0.340 e. The maximum Gasteiger partial charge on any atom is 0.340 e. The second kappa shape index (κ2) is 5.73. The van der Waals surface area contributed by atoms with E-state index in [1.54, 1.807) is 6.07 Å². The minimum Gasteiger partial charge on any atom is -0.462 e. The molecule has 0 aromatic heterocycles. The van der Waals surface area contributed by atoms with Crippen LogP contribution >= 0.6 is 0 Å². The summed E-state index contributed by atoms with van der Waals surface area (Å²) in [6.45, 7) is 8.69. The number of nitrogens with zero attached hydrogens (tertiary/aromatic N) is 1. The summed E-state index contributed by atoms with van der Waals surface area (Å²) in [5.41, 5.74) is 8.30. The molecule has 20 heavy (non-hydrogen) atoms. The summed E-state index contributed by atoms with van der Waals surface area (Å²) in [6, 6.07) is 5.49. The maximum absolute atomic E-state index is 12.1. The van der Waals surface area contributed by atoms with Crippen molar-refractivity contribution >= 4 is 17.3 Å². The number of piperidine rings is 1. The Hall–Kier alpha value is -1.71. The Kier molecular flexibility index (Phi) is 4.21. The molecule has 1 heterocycles. The SMILES string of the molecule is CCOC(=O)c1cc(N)ccc1N1CCC(C)(C)CC1. The number of rotatable bonds is 3. The fourth-order valence-electron chi connectivity index (χ4n) is 2.55. The zero-order valence-electron chi connectivity index (χ0n) is 12.6. The highest BCUT2D eigenvalue weighted by Crippen LogP contribution is 2.34. The fourth-order valence-corrected chi connectivity index (χ4v) is 2.55. The Balaban J connectivity index is 2.25. The highest BCUT2D eigenvalue weighted by Gasteiger charge is 2.27. The normalized spacial score (nSPS) is 17.9. The van der Waals surface area contributed by atoms with E-state index >= 15 is 0 Å². The van der Waals surface area contributed by atoms with E-state index in [4.69, 9.17) is 10.5 Å². The quantitative estimate of drug-likeness (QED) is 0.681. The van der Waals surface area contributed by atoms with Gasteiger partial charge in [-0.15, -0.1) is 0 Å². The molecular formula is C16H24N2O2. The molecule has 4 nitrogen and oxygen atoms in total. The van der Waals surface area contributed by atoms with E-state index in [0.717, 1.165) is 31.6 Å². The third kappa shape index (κ3) is 3.24. The summed E-state index contributed by atoms with van der Waals surface area (Å²) in [4.78, 5) is 14.3. The van der Waals surface area contributed by atoms with E-state index < -0.39 is 0 Å². The minimum atomic E-state index is -0.292. The summed E-state index contributed by atoms with van der Waals surface area (Å²) >= 11 is 0. The Labute approximate surface area is 120 Å². The van der Waals surface area contributed by atoms with Crippen molar-refractivity contribution in [2.45, 2.75) is 33.6 Å². The molecule has 2 rings (SSSR count). The van der Waals surface area contributed by atoms with Gasteiger partial charge in [-0.3, -0.25) is 0 Å². The van der Waals surface area contributed by atoms with Crippen LogP contribution in [-0.2, 0) is 4.74 Å². The summed E-state index contributed by atoms with van der Waals surface area (Å²) < 4.78 is 5.13. The van der Waals surface area contributed by atoms with Crippen molar-refractivity contribution in [2.24, 2.45) is 5.41 Å². The van der Waals surface area contributed by atoms with E-state index in [1.165, 1.54) is 0 Å². The highest BCUT2D eigenvalue weighted by molar-refractivity contribution is 5.97. The topological polar surface area (TPSA) is 55.6 Å². The first-order chi connectivity index (χ1) is 9.43. The average Bonchev–Trinajstić information content (AvgIpc) is 2.39. The Morgan fingerprint density at radius 3 is 2.60 bits per heavy atom. The third-order valence-electron chi connectivity index (χ3n) is 3.97. The zero-order chi connectivity index (χ0) is 14.8. The van der Waals surface area contributed by atoms with Crippen LogP contribution in [0.25, 0.3) is 0 Å². The number of ether oxygens (including phenoxy) is 1. The molecule has 0 atom stereocenters. The Bertz CT molecular complexity index is 487. The number of carbonyl (C=O) groups excluding carboxylic acids is 1. The van der Waals surface area contributed by atoms with Gasteiger partial charge in [0.15, 0.2) is 0 Å². The number of esters is 1. The molecule has 1 aliphatic rings. The van der Waals surface area contributed by atoms with Crippen molar-refractivity contribution in [3.63, 3.8) is 0 Å². The largest absolute Gasteiger partial charge is 0.462 e. The first-order valence-corrected chi connectivity index (χ1v) is 7.24. The molecule has 0 radical (unpaired) electrons. The van der Waals surface area contributed by atoms with Gasteiger partial charge in [-0.05, 0) is 43.4 Å². The van der Waals surface area contributed by atoms with Gasteiger partial charge in [-0.25, -0.2) is 4.79 Å². The molecule has 0 spiro atoms. The molecule has 0 aliphatic carbocycles. The summed E-state index contributed by atoms with van der Waals surface area (Å²) in [5.74, 6) is -0.292. The molecule has 0 bridgehead atoms. The fraction of sp³-hybridized carbons (Fsp3) is 0.562. The molecule has 1 aliphatic heterocycles. The standard InChI is InChI=1S/C16H24N2O2/c1-4-20-15(19)13-11-12(17)5-6-14(13)18-9-7-16(2,3)8-10-18/h5-6,11H,4,7-10,17H2,1-3H3. The van der Waals surface area contributed by atoms with Crippen molar-refractivity contribution < 1.29 is 9.53 Å². The number of hydrogen-bond acceptors (Lipinski definition) is 4. The van der Waals surface area contributed by atoms with Crippen LogP contribution < -0.4 is 10.6 Å². The maximum atomic E-state index is 12.1. The van der Waals surface area contributed by atoms with Crippen LogP contribution in [0, 0.1) is 5.41 Å². The molecule has 1 fully saturated rings. The van der Waals surface area contributed by atoms with Gasteiger partial charge in [0.2, 0.25) is 0 Å². The van der Waals surface area contributed by atoms with E-state index in [2.05, 4.69) is 18.7 Å².